The number of methoxy groups -OCH3 is 2. The van der Waals surface area contributed by atoms with Gasteiger partial charge in [0.05, 0.1) is 44.5 Å². The lowest BCUT2D eigenvalue weighted by molar-refractivity contribution is 0.374. The maximum Gasteiger partial charge on any atom is 0.232 e. The lowest BCUT2D eigenvalue weighted by Gasteiger charge is -2.24. The van der Waals surface area contributed by atoms with Crippen LogP contribution in [0.4, 0.5) is 11.6 Å². The summed E-state index contributed by atoms with van der Waals surface area (Å²) in [6.45, 7) is 1.07. The zero-order valence-corrected chi connectivity index (χ0v) is 22.1. The molecule has 0 bridgehead atoms. The summed E-state index contributed by atoms with van der Waals surface area (Å²) in [7, 11) is 9.15. The summed E-state index contributed by atoms with van der Waals surface area (Å²) >= 11 is 1.53. The summed E-state index contributed by atoms with van der Waals surface area (Å²) in [5.41, 5.74) is 6.93. The second-order valence-corrected chi connectivity index (χ2v) is 9.74. The molecule has 0 atom stereocenters. The Morgan fingerprint density at radius 2 is 1.81 bits per heavy atom. The molecule has 0 amide bonds. The predicted octanol–water partition coefficient (Wildman–Crippen LogP) is 2.74. The number of benzene rings is 1. The fourth-order valence-electron chi connectivity index (χ4n) is 3.83. The molecular formula is C24H28N10O2S. The molecule has 5 rings (SSSR count). The van der Waals surface area contributed by atoms with Gasteiger partial charge in [0.2, 0.25) is 5.95 Å². The maximum atomic E-state index is 5.53. The number of ether oxygens (including phenoxy) is 2. The molecule has 0 saturated heterocycles. The van der Waals surface area contributed by atoms with Gasteiger partial charge >= 0.3 is 0 Å². The fraction of sp³-hybridized carbons (Fsp3) is 0.292. The van der Waals surface area contributed by atoms with Crippen LogP contribution >= 0.6 is 12.1 Å². The number of nitrogens with zero attached hydrogens (tertiary/aromatic N) is 9. The third-order valence-corrected chi connectivity index (χ3v) is 6.44. The topological polar surface area (TPSA) is 110 Å². The van der Waals surface area contributed by atoms with Gasteiger partial charge in [-0.1, -0.05) is 0 Å². The molecule has 192 valence electrons. The first-order chi connectivity index (χ1) is 17.9. The number of imidazole rings is 1. The van der Waals surface area contributed by atoms with Gasteiger partial charge < -0.3 is 19.4 Å². The number of fused-ring (bicyclic) bond motifs is 1. The molecular weight excluding hydrogens is 492 g/mol. The van der Waals surface area contributed by atoms with Gasteiger partial charge in [0.1, 0.15) is 22.8 Å². The fourth-order valence-corrected chi connectivity index (χ4v) is 4.49. The highest BCUT2D eigenvalue weighted by Gasteiger charge is 2.20. The Morgan fingerprint density at radius 1 is 1.03 bits per heavy atom. The quantitative estimate of drug-likeness (QED) is 0.328. The van der Waals surface area contributed by atoms with Gasteiger partial charge in [0, 0.05) is 68.1 Å². The molecule has 3 aromatic heterocycles. The summed E-state index contributed by atoms with van der Waals surface area (Å²) < 4.78 is 15.1. The SMILES string of the molecule is COc1cc(OC)cc(N(Cc2nccn2SN(C)C)c2ncc3ncc(C4=CN(C)NC4)nc3n2)c1. The van der Waals surface area contributed by atoms with Crippen LogP contribution < -0.4 is 19.8 Å². The number of aromatic nitrogens is 6. The van der Waals surface area contributed by atoms with Gasteiger partial charge in [-0.25, -0.2) is 29.7 Å². The lowest BCUT2D eigenvalue weighted by atomic mass is 10.2. The zero-order valence-electron chi connectivity index (χ0n) is 21.3. The van der Waals surface area contributed by atoms with Gasteiger partial charge in [0.15, 0.2) is 5.65 Å². The van der Waals surface area contributed by atoms with Crippen molar-refractivity contribution in [3.63, 3.8) is 0 Å². The van der Waals surface area contributed by atoms with E-state index in [2.05, 4.69) is 20.4 Å². The molecule has 0 fully saturated rings. The third-order valence-electron chi connectivity index (χ3n) is 5.61. The van der Waals surface area contributed by atoms with Gasteiger partial charge in [-0.05, 0) is 14.1 Å². The lowest BCUT2D eigenvalue weighted by Crippen LogP contribution is -2.23. The summed E-state index contributed by atoms with van der Waals surface area (Å²) in [5.74, 6) is 2.57. The minimum atomic E-state index is 0.392. The van der Waals surface area contributed by atoms with Crippen molar-refractivity contribution < 1.29 is 9.47 Å². The summed E-state index contributed by atoms with van der Waals surface area (Å²) in [4.78, 5) is 25.4. The summed E-state index contributed by atoms with van der Waals surface area (Å²) in [6.07, 6.45) is 9.12. The Kier molecular flexibility index (Phi) is 7.08. The van der Waals surface area contributed by atoms with Crippen LogP contribution in [-0.2, 0) is 6.54 Å². The molecule has 0 unspecified atom stereocenters. The number of anilines is 2. The number of hydrogen-bond acceptors (Lipinski definition) is 12. The van der Waals surface area contributed by atoms with Crippen LogP contribution in [0.1, 0.15) is 11.5 Å². The van der Waals surface area contributed by atoms with E-state index in [1.807, 2.05) is 69.9 Å². The first-order valence-corrected chi connectivity index (χ1v) is 12.2. The largest absolute Gasteiger partial charge is 0.497 e. The van der Waals surface area contributed by atoms with E-state index in [1.54, 1.807) is 32.8 Å². The molecule has 13 heteroatoms. The van der Waals surface area contributed by atoms with Crippen LogP contribution in [0.15, 0.2) is 49.2 Å². The molecule has 0 radical (unpaired) electrons. The van der Waals surface area contributed by atoms with Gasteiger partial charge in [-0.15, -0.1) is 0 Å². The van der Waals surface area contributed by atoms with E-state index in [-0.39, 0.29) is 0 Å². The zero-order chi connectivity index (χ0) is 25.9. The number of hydrazine groups is 1. The van der Waals surface area contributed by atoms with Crippen molar-refractivity contribution in [2.75, 3.05) is 46.8 Å². The molecule has 0 aliphatic carbocycles. The van der Waals surface area contributed by atoms with E-state index in [9.17, 15) is 0 Å². The highest BCUT2D eigenvalue weighted by atomic mass is 32.2. The van der Waals surface area contributed by atoms with Crippen molar-refractivity contribution in [2.45, 2.75) is 6.54 Å². The third kappa shape index (κ3) is 5.43. The minimum absolute atomic E-state index is 0.392. The Hall–Kier alpha value is -3.94. The molecule has 1 aliphatic heterocycles. The molecule has 0 spiro atoms. The summed E-state index contributed by atoms with van der Waals surface area (Å²) in [6, 6.07) is 5.65. The van der Waals surface area contributed by atoms with Crippen molar-refractivity contribution in [3.8, 4) is 11.5 Å². The van der Waals surface area contributed by atoms with E-state index in [1.165, 1.54) is 12.1 Å². The monoisotopic (exact) mass is 520 g/mol. The maximum absolute atomic E-state index is 5.53. The van der Waals surface area contributed by atoms with Crippen molar-refractivity contribution in [1.29, 1.82) is 0 Å². The van der Waals surface area contributed by atoms with E-state index in [0.717, 1.165) is 22.8 Å². The molecule has 4 aromatic rings. The van der Waals surface area contributed by atoms with E-state index < -0.39 is 0 Å². The summed E-state index contributed by atoms with van der Waals surface area (Å²) in [5, 5.41) is 1.90. The van der Waals surface area contributed by atoms with Gasteiger partial charge in [-0.3, -0.25) is 3.97 Å². The standard InChI is InChI=1S/C24H28N10O2S/c1-31(2)37-34-7-6-25-22(34)15-33(17-8-18(35-4)10-19(9-17)36-5)24-27-13-21-23(30-24)29-20(12-26-21)16-11-28-32(3)14-16/h6-10,12-14,28H,11,15H2,1-5H3. The van der Waals surface area contributed by atoms with Crippen molar-refractivity contribution in [1.82, 2.24) is 43.6 Å². The number of hydrogen-bond donors (Lipinski definition) is 1. The van der Waals surface area contributed by atoms with Crippen LogP contribution in [0, 0.1) is 0 Å². The smallest absolute Gasteiger partial charge is 0.232 e. The van der Waals surface area contributed by atoms with Gasteiger partial charge in [-0.2, -0.15) is 4.98 Å². The molecule has 0 saturated carbocycles. The normalized spacial score (nSPS) is 13.4. The number of rotatable bonds is 9. The van der Waals surface area contributed by atoms with Crippen molar-refractivity contribution in [3.05, 3.63) is 60.7 Å². The van der Waals surface area contributed by atoms with E-state index in [4.69, 9.17) is 19.4 Å². The van der Waals surface area contributed by atoms with Gasteiger partial charge in [0.25, 0.3) is 0 Å². The number of nitrogens with one attached hydrogen (secondary N) is 1. The Labute approximate surface area is 219 Å². The van der Waals surface area contributed by atoms with E-state index >= 15 is 0 Å². The molecule has 1 aliphatic rings. The van der Waals surface area contributed by atoms with Crippen molar-refractivity contribution >= 4 is 40.5 Å². The molecule has 1 aromatic carbocycles. The molecule has 37 heavy (non-hydrogen) atoms. The average molecular weight is 521 g/mol. The van der Waals surface area contributed by atoms with Crippen LogP contribution in [0.2, 0.25) is 0 Å². The van der Waals surface area contributed by atoms with Crippen LogP contribution in [0.3, 0.4) is 0 Å². The second kappa shape index (κ2) is 10.6. The van der Waals surface area contributed by atoms with Crippen molar-refractivity contribution in [2.24, 2.45) is 0 Å². The molecule has 12 nitrogen and oxygen atoms in total. The second-order valence-electron chi connectivity index (χ2n) is 8.45. The Bertz CT molecular complexity index is 1420. The van der Waals surface area contributed by atoms with E-state index in [0.29, 0.717) is 41.7 Å². The molecule has 1 N–H and O–H groups in total. The van der Waals surface area contributed by atoms with Crippen LogP contribution in [0.5, 0.6) is 11.5 Å². The predicted molar refractivity (Wildman–Crippen MR) is 143 cm³/mol. The minimum Gasteiger partial charge on any atom is -0.497 e. The Balaban J connectivity index is 1.60. The van der Waals surface area contributed by atoms with Crippen LogP contribution in [-0.4, -0.2) is 80.1 Å². The highest BCUT2D eigenvalue weighted by molar-refractivity contribution is 7.95. The first-order valence-electron chi connectivity index (χ1n) is 11.5. The average Bonchev–Trinajstić information content (AvgIpc) is 3.54. The van der Waals surface area contributed by atoms with Crippen LogP contribution in [0.25, 0.3) is 16.7 Å². The Morgan fingerprint density at radius 3 is 2.49 bits per heavy atom. The highest BCUT2D eigenvalue weighted by Crippen LogP contribution is 2.33. The first kappa shape index (κ1) is 24.7. The molecule has 4 heterocycles.